The standard InChI is InChI=1S/C19H22N4O5/c24-15(6-9-23-16(25)19(21-17(23)26)7-1-2-8-19)20-13-4-3-5-14(12-13)22-10-11-28-18(22)27/h3-5,12H,1-2,6-11H2,(H,20,24)(H,21,26). The predicted molar refractivity (Wildman–Crippen MR) is 99.8 cm³/mol. The summed E-state index contributed by atoms with van der Waals surface area (Å²) in [5.74, 6) is -0.536. The molecule has 9 heteroatoms. The van der Waals surface area contributed by atoms with Crippen molar-refractivity contribution in [2.75, 3.05) is 29.9 Å². The van der Waals surface area contributed by atoms with Crippen molar-refractivity contribution in [3.63, 3.8) is 0 Å². The number of hydrogen-bond donors (Lipinski definition) is 2. The first kappa shape index (κ1) is 18.3. The zero-order valence-corrected chi connectivity index (χ0v) is 15.4. The molecule has 0 aromatic heterocycles. The Labute approximate surface area is 162 Å². The van der Waals surface area contributed by atoms with Gasteiger partial charge in [0.15, 0.2) is 0 Å². The molecular weight excluding hydrogens is 364 g/mol. The lowest BCUT2D eigenvalue weighted by Gasteiger charge is -2.20. The van der Waals surface area contributed by atoms with Crippen LogP contribution in [0.5, 0.6) is 0 Å². The Morgan fingerprint density at radius 3 is 2.71 bits per heavy atom. The third-order valence-electron chi connectivity index (χ3n) is 5.47. The summed E-state index contributed by atoms with van der Waals surface area (Å²) in [4.78, 5) is 51.4. The lowest BCUT2D eigenvalue weighted by Crippen LogP contribution is -2.44. The van der Waals surface area contributed by atoms with Gasteiger partial charge in [0, 0.05) is 24.3 Å². The summed E-state index contributed by atoms with van der Waals surface area (Å²) in [5.41, 5.74) is 0.413. The maximum absolute atomic E-state index is 12.6. The summed E-state index contributed by atoms with van der Waals surface area (Å²) < 4.78 is 4.92. The van der Waals surface area contributed by atoms with Gasteiger partial charge < -0.3 is 15.4 Å². The highest BCUT2D eigenvalue weighted by atomic mass is 16.6. The molecule has 4 rings (SSSR count). The van der Waals surface area contributed by atoms with Gasteiger partial charge in [-0.25, -0.2) is 9.59 Å². The van der Waals surface area contributed by atoms with Crippen molar-refractivity contribution in [2.45, 2.75) is 37.6 Å². The highest BCUT2D eigenvalue weighted by Gasteiger charge is 2.52. The van der Waals surface area contributed by atoms with E-state index >= 15 is 0 Å². The number of rotatable bonds is 5. The van der Waals surface area contributed by atoms with E-state index in [2.05, 4.69) is 10.6 Å². The van der Waals surface area contributed by atoms with Crippen molar-refractivity contribution in [3.05, 3.63) is 24.3 Å². The Kier molecular flexibility index (Phi) is 4.66. The minimum absolute atomic E-state index is 0.00518. The Hall–Kier alpha value is -3.10. The van der Waals surface area contributed by atoms with Crippen LogP contribution in [0.1, 0.15) is 32.1 Å². The smallest absolute Gasteiger partial charge is 0.414 e. The molecule has 9 nitrogen and oxygen atoms in total. The molecule has 148 valence electrons. The van der Waals surface area contributed by atoms with Gasteiger partial charge >= 0.3 is 12.1 Å². The van der Waals surface area contributed by atoms with E-state index in [-0.39, 0.29) is 24.8 Å². The summed E-state index contributed by atoms with van der Waals surface area (Å²) in [6, 6.07) is 6.47. The average Bonchev–Trinajstić information content (AvgIpc) is 3.36. The number of amides is 5. The van der Waals surface area contributed by atoms with Crippen molar-refractivity contribution in [1.29, 1.82) is 0 Å². The molecule has 3 fully saturated rings. The van der Waals surface area contributed by atoms with Crippen LogP contribution in [0.25, 0.3) is 0 Å². The van der Waals surface area contributed by atoms with Gasteiger partial charge in [-0.1, -0.05) is 18.9 Å². The second-order valence-corrected chi connectivity index (χ2v) is 7.29. The first-order chi connectivity index (χ1) is 13.5. The lowest BCUT2D eigenvalue weighted by atomic mass is 9.98. The first-order valence-electron chi connectivity index (χ1n) is 9.47. The molecule has 2 heterocycles. The Morgan fingerprint density at radius 2 is 2.00 bits per heavy atom. The molecule has 2 aliphatic heterocycles. The number of benzene rings is 1. The van der Waals surface area contributed by atoms with E-state index in [0.29, 0.717) is 37.4 Å². The van der Waals surface area contributed by atoms with Crippen LogP contribution in [0.4, 0.5) is 21.0 Å². The molecule has 2 N–H and O–H groups in total. The van der Waals surface area contributed by atoms with Crippen molar-refractivity contribution in [3.8, 4) is 0 Å². The minimum Gasteiger partial charge on any atom is -0.447 e. The van der Waals surface area contributed by atoms with Crippen LogP contribution in [-0.2, 0) is 14.3 Å². The number of cyclic esters (lactones) is 1. The fourth-order valence-electron chi connectivity index (χ4n) is 4.01. The van der Waals surface area contributed by atoms with E-state index in [1.54, 1.807) is 24.3 Å². The second kappa shape index (κ2) is 7.14. The number of carbonyl (C=O) groups is 4. The number of nitrogens with one attached hydrogen (secondary N) is 2. The van der Waals surface area contributed by atoms with Gasteiger partial charge in [0.2, 0.25) is 5.91 Å². The molecule has 28 heavy (non-hydrogen) atoms. The number of ether oxygens (including phenoxy) is 1. The van der Waals surface area contributed by atoms with E-state index in [0.717, 1.165) is 17.7 Å². The number of hydrogen-bond acceptors (Lipinski definition) is 5. The van der Waals surface area contributed by atoms with Crippen molar-refractivity contribution < 1.29 is 23.9 Å². The highest BCUT2D eigenvalue weighted by molar-refractivity contribution is 6.07. The number of anilines is 2. The van der Waals surface area contributed by atoms with Gasteiger partial charge in [0.1, 0.15) is 12.1 Å². The summed E-state index contributed by atoms with van der Waals surface area (Å²) in [6.45, 7) is 0.837. The monoisotopic (exact) mass is 386 g/mol. The van der Waals surface area contributed by atoms with Crippen molar-refractivity contribution in [1.82, 2.24) is 10.2 Å². The van der Waals surface area contributed by atoms with Gasteiger partial charge in [-0.2, -0.15) is 0 Å². The third kappa shape index (κ3) is 3.28. The molecule has 0 bridgehead atoms. The van der Waals surface area contributed by atoms with E-state index in [1.165, 1.54) is 4.90 Å². The molecule has 1 spiro atoms. The van der Waals surface area contributed by atoms with Gasteiger partial charge in [0.05, 0.1) is 6.54 Å². The van der Waals surface area contributed by atoms with Crippen molar-refractivity contribution >= 4 is 35.3 Å². The molecule has 2 saturated heterocycles. The van der Waals surface area contributed by atoms with E-state index in [1.807, 2.05) is 0 Å². The average molecular weight is 386 g/mol. The normalized spacial score (nSPS) is 20.6. The maximum Gasteiger partial charge on any atom is 0.414 e. The molecule has 0 atom stereocenters. The molecule has 1 aliphatic carbocycles. The van der Waals surface area contributed by atoms with Crippen LogP contribution in [0.3, 0.4) is 0 Å². The zero-order chi connectivity index (χ0) is 19.7. The van der Waals surface area contributed by atoms with E-state index in [9.17, 15) is 19.2 Å². The molecule has 5 amide bonds. The van der Waals surface area contributed by atoms with Crippen LogP contribution in [0.2, 0.25) is 0 Å². The molecule has 1 saturated carbocycles. The molecule has 0 radical (unpaired) electrons. The first-order valence-corrected chi connectivity index (χ1v) is 9.47. The Balaban J connectivity index is 1.34. The largest absolute Gasteiger partial charge is 0.447 e. The molecule has 1 aromatic carbocycles. The van der Waals surface area contributed by atoms with Gasteiger partial charge in [-0.05, 0) is 31.0 Å². The van der Waals surface area contributed by atoms with E-state index < -0.39 is 17.7 Å². The third-order valence-corrected chi connectivity index (χ3v) is 5.47. The highest BCUT2D eigenvalue weighted by Crippen LogP contribution is 2.35. The quantitative estimate of drug-likeness (QED) is 0.751. The lowest BCUT2D eigenvalue weighted by molar-refractivity contribution is -0.131. The van der Waals surface area contributed by atoms with Crippen LogP contribution in [0.15, 0.2) is 24.3 Å². The van der Waals surface area contributed by atoms with Crippen LogP contribution >= 0.6 is 0 Å². The summed E-state index contributed by atoms with van der Waals surface area (Å²) in [7, 11) is 0. The summed E-state index contributed by atoms with van der Waals surface area (Å²) >= 11 is 0. The predicted octanol–water partition coefficient (Wildman–Crippen LogP) is 1.84. The SMILES string of the molecule is O=C(CCN1C(=O)NC2(CCCC2)C1=O)Nc1cccc(N2CCOC2=O)c1. The number of urea groups is 1. The zero-order valence-electron chi connectivity index (χ0n) is 15.4. The topological polar surface area (TPSA) is 108 Å². The van der Waals surface area contributed by atoms with Crippen LogP contribution < -0.4 is 15.5 Å². The maximum atomic E-state index is 12.6. The number of imide groups is 1. The van der Waals surface area contributed by atoms with Gasteiger partial charge in [-0.3, -0.25) is 19.4 Å². The van der Waals surface area contributed by atoms with Crippen LogP contribution in [0, 0.1) is 0 Å². The van der Waals surface area contributed by atoms with Crippen LogP contribution in [-0.4, -0.2) is 54.1 Å². The summed E-state index contributed by atoms with van der Waals surface area (Å²) in [6.07, 6.45) is 2.74. The molecule has 0 unspecified atom stereocenters. The number of carbonyl (C=O) groups excluding carboxylic acids is 4. The Morgan fingerprint density at radius 1 is 1.21 bits per heavy atom. The molecule has 1 aromatic rings. The fourth-order valence-corrected chi connectivity index (χ4v) is 4.01. The van der Waals surface area contributed by atoms with Gasteiger partial charge in [-0.15, -0.1) is 0 Å². The molecule has 3 aliphatic rings. The molecular formula is C19H22N4O5. The van der Waals surface area contributed by atoms with Gasteiger partial charge in [0.25, 0.3) is 5.91 Å². The Bertz CT molecular complexity index is 833. The minimum atomic E-state index is -0.758. The van der Waals surface area contributed by atoms with Crippen molar-refractivity contribution in [2.24, 2.45) is 0 Å². The van der Waals surface area contributed by atoms with E-state index in [4.69, 9.17) is 4.74 Å². The number of nitrogens with zero attached hydrogens (tertiary/aromatic N) is 2. The second-order valence-electron chi connectivity index (χ2n) is 7.29. The summed E-state index contributed by atoms with van der Waals surface area (Å²) in [5, 5.41) is 5.55. The fraction of sp³-hybridized carbons (Fsp3) is 0.474.